The number of methoxy groups -OCH3 is 1. The maximum Gasteiger partial charge on any atom is 0.305 e. The van der Waals surface area contributed by atoms with Gasteiger partial charge in [0.15, 0.2) is 0 Å². The van der Waals surface area contributed by atoms with Crippen LogP contribution in [0.15, 0.2) is 0 Å². The molecule has 16 heavy (non-hydrogen) atoms. The summed E-state index contributed by atoms with van der Waals surface area (Å²) < 4.78 is 4.72. The zero-order chi connectivity index (χ0) is 12.2. The number of esters is 1. The van der Waals surface area contributed by atoms with E-state index in [9.17, 15) is 4.79 Å². The second kappa shape index (κ2) is 5.67. The van der Waals surface area contributed by atoms with Gasteiger partial charge in [-0.3, -0.25) is 4.79 Å². The van der Waals surface area contributed by atoms with Crippen LogP contribution in [-0.2, 0) is 9.53 Å². The summed E-state index contributed by atoms with van der Waals surface area (Å²) in [5.41, 5.74) is 6.24. The highest BCUT2D eigenvalue weighted by atomic mass is 16.5. The minimum atomic E-state index is -0.125. The average Bonchev–Trinajstić information content (AvgIpc) is 2.26. The van der Waals surface area contributed by atoms with Crippen molar-refractivity contribution < 1.29 is 9.53 Å². The molecule has 94 valence electrons. The van der Waals surface area contributed by atoms with Crippen LogP contribution < -0.4 is 5.73 Å². The van der Waals surface area contributed by atoms with E-state index in [1.165, 1.54) is 32.8 Å². The van der Waals surface area contributed by atoms with Crippen LogP contribution >= 0.6 is 0 Å². The highest BCUT2D eigenvalue weighted by Crippen LogP contribution is 2.41. The number of nitrogens with two attached hydrogens (primary N) is 1. The number of hydrogen-bond donors (Lipinski definition) is 1. The normalized spacial score (nSPS) is 22.8. The zero-order valence-corrected chi connectivity index (χ0v) is 10.8. The van der Waals surface area contributed by atoms with Crippen LogP contribution in [0.5, 0.6) is 0 Å². The summed E-state index contributed by atoms with van der Waals surface area (Å²) >= 11 is 0. The molecule has 0 aliphatic heterocycles. The lowest BCUT2D eigenvalue weighted by Gasteiger charge is -2.37. The van der Waals surface area contributed by atoms with Gasteiger partial charge in [0.05, 0.1) is 7.11 Å². The van der Waals surface area contributed by atoms with Gasteiger partial charge in [0.2, 0.25) is 0 Å². The predicted octanol–water partition coefficient (Wildman–Crippen LogP) is 2.34. The fourth-order valence-electron chi connectivity index (χ4n) is 2.63. The smallest absolute Gasteiger partial charge is 0.305 e. The van der Waals surface area contributed by atoms with E-state index in [1.807, 2.05) is 0 Å². The summed E-state index contributed by atoms with van der Waals surface area (Å²) in [5, 5.41) is 0. The van der Waals surface area contributed by atoms with Crippen molar-refractivity contribution in [2.45, 2.75) is 46.0 Å². The molecule has 0 bridgehead atoms. The third-order valence-corrected chi connectivity index (χ3v) is 4.01. The van der Waals surface area contributed by atoms with Gasteiger partial charge in [0, 0.05) is 6.42 Å². The fraction of sp³-hybridized carbons (Fsp3) is 0.923. The summed E-state index contributed by atoms with van der Waals surface area (Å²) in [7, 11) is 1.44. The molecule has 1 fully saturated rings. The first kappa shape index (κ1) is 13.5. The van der Waals surface area contributed by atoms with Crippen LogP contribution in [0.2, 0.25) is 0 Å². The van der Waals surface area contributed by atoms with Crippen molar-refractivity contribution in [3.63, 3.8) is 0 Å². The third kappa shape index (κ3) is 3.78. The van der Waals surface area contributed by atoms with Crippen molar-refractivity contribution in [1.82, 2.24) is 0 Å². The maximum absolute atomic E-state index is 11.3. The number of carbonyl (C=O) groups is 1. The number of rotatable bonds is 4. The van der Waals surface area contributed by atoms with Gasteiger partial charge in [0.25, 0.3) is 0 Å². The third-order valence-electron chi connectivity index (χ3n) is 4.01. The monoisotopic (exact) mass is 227 g/mol. The molecular weight excluding hydrogens is 202 g/mol. The van der Waals surface area contributed by atoms with Gasteiger partial charge >= 0.3 is 5.97 Å². The van der Waals surface area contributed by atoms with E-state index >= 15 is 0 Å². The second-order valence-corrected chi connectivity index (χ2v) is 5.78. The summed E-state index contributed by atoms with van der Waals surface area (Å²) in [6.45, 7) is 5.24. The van der Waals surface area contributed by atoms with Gasteiger partial charge in [-0.25, -0.2) is 0 Å². The molecule has 1 unspecified atom stereocenters. The van der Waals surface area contributed by atoms with Gasteiger partial charge in [-0.15, -0.1) is 0 Å². The molecule has 0 aromatic heterocycles. The molecule has 3 nitrogen and oxygen atoms in total. The first-order chi connectivity index (χ1) is 7.48. The van der Waals surface area contributed by atoms with Crippen molar-refractivity contribution in [2.24, 2.45) is 23.0 Å². The van der Waals surface area contributed by atoms with Crippen molar-refractivity contribution in [2.75, 3.05) is 13.7 Å². The van der Waals surface area contributed by atoms with Crippen molar-refractivity contribution in [3.05, 3.63) is 0 Å². The van der Waals surface area contributed by atoms with Crippen molar-refractivity contribution in [3.8, 4) is 0 Å². The molecule has 1 saturated carbocycles. The summed E-state index contributed by atoms with van der Waals surface area (Å²) in [6, 6.07) is 0. The van der Waals surface area contributed by atoms with Gasteiger partial charge in [-0.05, 0) is 49.5 Å². The SMILES string of the molecule is COC(=O)CC(CN)C1CCC(C)(C)CC1. The van der Waals surface area contributed by atoms with E-state index in [0.29, 0.717) is 30.2 Å². The van der Waals surface area contributed by atoms with Crippen LogP contribution in [-0.4, -0.2) is 19.6 Å². The molecular formula is C13H25NO2. The van der Waals surface area contributed by atoms with Gasteiger partial charge in [-0.1, -0.05) is 13.8 Å². The standard InChI is InChI=1S/C13H25NO2/c1-13(2)6-4-10(5-7-13)11(9-14)8-12(15)16-3/h10-11H,4-9,14H2,1-3H3. The van der Waals surface area contributed by atoms with Crippen LogP contribution in [0.1, 0.15) is 46.0 Å². The van der Waals surface area contributed by atoms with Gasteiger partial charge in [-0.2, -0.15) is 0 Å². The van der Waals surface area contributed by atoms with Crippen LogP contribution in [0.25, 0.3) is 0 Å². The van der Waals surface area contributed by atoms with Gasteiger partial charge in [0.1, 0.15) is 0 Å². The Bertz CT molecular complexity index is 228. The first-order valence-corrected chi connectivity index (χ1v) is 6.25. The Morgan fingerprint density at radius 2 is 2.00 bits per heavy atom. The lowest BCUT2D eigenvalue weighted by molar-refractivity contribution is -0.142. The molecule has 1 atom stereocenters. The van der Waals surface area contributed by atoms with E-state index in [0.717, 1.165) is 0 Å². The van der Waals surface area contributed by atoms with Crippen molar-refractivity contribution >= 4 is 5.97 Å². The molecule has 1 rings (SSSR count). The summed E-state index contributed by atoms with van der Waals surface area (Å²) in [5.74, 6) is 0.793. The number of ether oxygens (including phenoxy) is 1. The molecule has 0 saturated heterocycles. The molecule has 0 spiro atoms. The first-order valence-electron chi connectivity index (χ1n) is 6.25. The largest absolute Gasteiger partial charge is 0.469 e. The Morgan fingerprint density at radius 3 is 2.44 bits per heavy atom. The molecule has 3 heteroatoms. The molecule has 1 aliphatic carbocycles. The minimum absolute atomic E-state index is 0.125. The maximum atomic E-state index is 11.3. The Kier molecular flexibility index (Phi) is 4.78. The lowest BCUT2D eigenvalue weighted by Crippen LogP contribution is -2.31. The Labute approximate surface area is 98.7 Å². The molecule has 0 aromatic carbocycles. The number of hydrogen-bond acceptors (Lipinski definition) is 3. The van der Waals surface area contributed by atoms with E-state index in [1.54, 1.807) is 0 Å². The Hall–Kier alpha value is -0.570. The topological polar surface area (TPSA) is 52.3 Å². The quantitative estimate of drug-likeness (QED) is 0.750. The molecule has 0 amide bonds. The average molecular weight is 227 g/mol. The van der Waals surface area contributed by atoms with Crippen LogP contribution in [0, 0.1) is 17.3 Å². The molecule has 1 aliphatic rings. The van der Waals surface area contributed by atoms with E-state index in [4.69, 9.17) is 10.5 Å². The highest BCUT2D eigenvalue weighted by molar-refractivity contribution is 5.69. The molecule has 0 radical (unpaired) electrons. The summed E-state index contributed by atoms with van der Waals surface area (Å²) in [6.07, 6.45) is 5.38. The second-order valence-electron chi connectivity index (χ2n) is 5.78. The Balaban J connectivity index is 2.46. The van der Waals surface area contributed by atoms with E-state index in [2.05, 4.69) is 13.8 Å². The Morgan fingerprint density at radius 1 is 1.44 bits per heavy atom. The van der Waals surface area contributed by atoms with E-state index < -0.39 is 0 Å². The summed E-state index contributed by atoms with van der Waals surface area (Å²) in [4.78, 5) is 11.3. The highest BCUT2D eigenvalue weighted by Gasteiger charge is 2.31. The molecule has 2 N–H and O–H groups in total. The predicted molar refractivity (Wildman–Crippen MR) is 64.9 cm³/mol. The molecule has 0 heterocycles. The fourth-order valence-corrected chi connectivity index (χ4v) is 2.63. The van der Waals surface area contributed by atoms with Crippen molar-refractivity contribution in [1.29, 1.82) is 0 Å². The minimum Gasteiger partial charge on any atom is -0.469 e. The zero-order valence-electron chi connectivity index (χ0n) is 10.8. The molecule has 0 aromatic rings. The van der Waals surface area contributed by atoms with Crippen LogP contribution in [0.3, 0.4) is 0 Å². The lowest BCUT2D eigenvalue weighted by atomic mass is 9.69. The van der Waals surface area contributed by atoms with E-state index in [-0.39, 0.29) is 5.97 Å². The van der Waals surface area contributed by atoms with Gasteiger partial charge < -0.3 is 10.5 Å². The van der Waals surface area contributed by atoms with Crippen LogP contribution in [0.4, 0.5) is 0 Å². The number of carbonyl (C=O) groups excluding carboxylic acids is 1.